The van der Waals surface area contributed by atoms with Crippen LogP contribution in [0.1, 0.15) is 53.0 Å². The Kier molecular flexibility index (Phi) is 5.84. The van der Waals surface area contributed by atoms with Gasteiger partial charge in [0.15, 0.2) is 5.76 Å². The molecule has 31 heavy (non-hydrogen) atoms. The number of furan rings is 1. The fourth-order valence-corrected chi connectivity index (χ4v) is 3.37. The maximum Gasteiger partial charge on any atom is 0.291 e. The average molecular weight is 416 g/mol. The summed E-state index contributed by atoms with van der Waals surface area (Å²) >= 11 is 0. The summed E-state index contributed by atoms with van der Waals surface area (Å²) in [5.41, 5.74) is 2.89. The fraction of sp³-hybridized carbons (Fsp3) is 0.208. The first-order valence-electron chi connectivity index (χ1n) is 10.3. The van der Waals surface area contributed by atoms with E-state index >= 15 is 0 Å². The van der Waals surface area contributed by atoms with Crippen molar-refractivity contribution in [2.45, 2.75) is 26.3 Å². The van der Waals surface area contributed by atoms with Gasteiger partial charge in [0.25, 0.3) is 11.8 Å². The van der Waals surface area contributed by atoms with Crippen molar-refractivity contribution in [1.29, 1.82) is 0 Å². The number of carbonyl (C=O) groups excluding carboxylic acids is 2. The molecule has 0 saturated heterocycles. The highest BCUT2D eigenvalue weighted by Crippen LogP contribution is 2.25. The van der Waals surface area contributed by atoms with E-state index in [4.69, 9.17) is 4.42 Å². The summed E-state index contributed by atoms with van der Waals surface area (Å²) in [6, 6.07) is 17.5. The molecule has 0 bridgehead atoms. The van der Waals surface area contributed by atoms with Gasteiger partial charge in [-0.3, -0.25) is 9.59 Å². The van der Waals surface area contributed by atoms with E-state index in [0.717, 1.165) is 23.3 Å². The van der Waals surface area contributed by atoms with Crippen molar-refractivity contribution >= 4 is 28.5 Å². The van der Waals surface area contributed by atoms with Crippen LogP contribution in [-0.2, 0) is 0 Å². The number of nitrogens with one attached hydrogen (secondary N) is 3. The van der Waals surface area contributed by atoms with Gasteiger partial charge in [0.05, 0.1) is 23.3 Å². The quantitative estimate of drug-likeness (QED) is 0.398. The van der Waals surface area contributed by atoms with E-state index in [-0.39, 0.29) is 29.5 Å². The highest BCUT2D eigenvalue weighted by molar-refractivity contribution is 6.02. The highest BCUT2D eigenvalue weighted by atomic mass is 16.3. The molecule has 7 heteroatoms. The number of para-hydroxylation sites is 2. The second-order valence-electron chi connectivity index (χ2n) is 7.48. The molecule has 0 radical (unpaired) electrons. The number of aromatic nitrogens is 2. The van der Waals surface area contributed by atoms with Crippen molar-refractivity contribution in [3.63, 3.8) is 0 Å². The van der Waals surface area contributed by atoms with Crippen LogP contribution >= 0.6 is 0 Å². The van der Waals surface area contributed by atoms with Crippen molar-refractivity contribution < 1.29 is 14.0 Å². The summed E-state index contributed by atoms with van der Waals surface area (Å²) in [6.07, 6.45) is 2.33. The van der Waals surface area contributed by atoms with Gasteiger partial charge in [0.1, 0.15) is 5.82 Å². The molecule has 2 unspecified atom stereocenters. The van der Waals surface area contributed by atoms with Gasteiger partial charge in [-0.05, 0) is 54.4 Å². The molecule has 4 rings (SSSR count). The molecular formula is C24H24N4O3. The maximum atomic E-state index is 12.9. The number of fused-ring (bicyclic) bond motifs is 1. The normalized spacial score (nSPS) is 13.0. The van der Waals surface area contributed by atoms with E-state index in [9.17, 15) is 9.59 Å². The fourth-order valence-electron chi connectivity index (χ4n) is 3.37. The molecule has 2 aromatic carbocycles. The van der Waals surface area contributed by atoms with Crippen molar-refractivity contribution in [2.75, 3.05) is 5.32 Å². The second kappa shape index (κ2) is 8.87. The molecule has 0 aliphatic heterocycles. The van der Waals surface area contributed by atoms with E-state index in [2.05, 4.69) is 34.4 Å². The molecule has 4 aromatic rings. The molecule has 0 fully saturated rings. The number of anilines is 1. The molecule has 7 nitrogen and oxygen atoms in total. The van der Waals surface area contributed by atoms with E-state index in [1.807, 2.05) is 24.3 Å². The third-order valence-electron chi connectivity index (χ3n) is 5.35. The van der Waals surface area contributed by atoms with Crippen molar-refractivity contribution in [1.82, 2.24) is 15.3 Å². The van der Waals surface area contributed by atoms with Crippen LogP contribution in [0.5, 0.6) is 0 Å². The van der Waals surface area contributed by atoms with Gasteiger partial charge in [0.2, 0.25) is 0 Å². The summed E-state index contributed by atoms with van der Waals surface area (Å²) in [5, 5.41) is 5.85. The first-order chi connectivity index (χ1) is 15.0. The monoisotopic (exact) mass is 416 g/mol. The number of aromatic amines is 1. The lowest BCUT2D eigenvalue weighted by Crippen LogP contribution is -2.33. The number of hydrogen-bond acceptors (Lipinski definition) is 4. The summed E-state index contributed by atoms with van der Waals surface area (Å²) in [7, 11) is 0. The summed E-state index contributed by atoms with van der Waals surface area (Å²) in [5.74, 6) is 0.616. The third kappa shape index (κ3) is 4.50. The number of hydrogen-bond donors (Lipinski definition) is 3. The minimum absolute atomic E-state index is 0.191. The topological polar surface area (TPSA) is 100 Å². The van der Waals surface area contributed by atoms with Gasteiger partial charge in [-0.15, -0.1) is 0 Å². The smallest absolute Gasteiger partial charge is 0.291 e. The van der Waals surface area contributed by atoms with Gasteiger partial charge >= 0.3 is 0 Å². The number of benzene rings is 2. The van der Waals surface area contributed by atoms with E-state index < -0.39 is 0 Å². The molecule has 0 aliphatic carbocycles. The van der Waals surface area contributed by atoms with Crippen LogP contribution in [0.25, 0.3) is 11.0 Å². The van der Waals surface area contributed by atoms with Gasteiger partial charge in [0, 0.05) is 11.3 Å². The third-order valence-corrected chi connectivity index (χ3v) is 5.35. The Balaban J connectivity index is 1.48. The molecule has 2 atom stereocenters. The van der Waals surface area contributed by atoms with Gasteiger partial charge in [-0.1, -0.05) is 32.4 Å². The second-order valence-corrected chi connectivity index (χ2v) is 7.48. The molecule has 0 aliphatic rings. The minimum Gasteiger partial charge on any atom is -0.459 e. The van der Waals surface area contributed by atoms with Crippen LogP contribution in [0.2, 0.25) is 0 Å². The van der Waals surface area contributed by atoms with Crippen LogP contribution < -0.4 is 10.6 Å². The number of amides is 2. The summed E-state index contributed by atoms with van der Waals surface area (Å²) in [6.45, 7) is 4.17. The largest absolute Gasteiger partial charge is 0.459 e. The SMILES string of the molecule is CCC(C)C(NC(=O)c1ccc(NC(=O)c2ccco2)cc1)c1nc2ccccc2[nH]1. The number of H-pyrrole nitrogens is 1. The van der Waals surface area contributed by atoms with Crippen LogP contribution in [0.3, 0.4) is 0 Å². The first-order valence-corrected chi connectivity index (χ1v) is 10.3. The van der Waals surface area contributed by atoms with Crippen LogP contribution in [-0.4, -0.2) is 21.8 Å². The molecule has 158 valence electrons. The zero-order chi connectivity index (χ0) is 21.8. The van der Waals surface area contributed by atoms with E-state index in [1.165, 1.54) is 6.26 Å². The van der Waals surface area contributed by atoms with Gasteiger partial charge < -0.3 is 20.0 Å². The lowest BCUT2D eigenvalue weighted by Gasteiger charge is -2.22. The van der Waals surface area contributed by atoms with Gasteiger partial charge in [-0.2, -0.15) is 0 Å². The first kappa shape index (κ1) is 20.4. The van der Waals surface area contributed by atoms with Crippen molar-refractivity contribution in [3.8, 4) is 0 Å². The zero-order valence-electron chi connectivity index (χ0n) is 17.4. The lowest BCUT2D eigenvalue weighted by atomic mass is 9.98. The predicted octanol–water partition coefficient (Wildman–Crippen LogP) is 4.93. The van der Waals surface area contributed by atoms with E-state index in [0.29, 0.717) is 11.3 Å². The molecular weight excluding hydrogens is 392 g/mol. The number of nitrogens with zero attached hydrogens (tertiary/aromatic N) is 1. The number of rotatable bonds is 7. The Bertz CT molecular complexity index is 1150. The molecule has 0 spiro atoms. The predicted molar refractivity (Wildman–Crippen MR) is 119 cm³/mol. The Morgan fingerprint density at radius 3 is 2.48 bits per heavy atom. The van der Waals surface area contributed by atoms with E-state index in [1.54, 1.807) is 36.4 Å². The van der Waals surface area contributed by atoms with Crippen LogP contribution in [0.15, 0.2) is 71.3 Å². The molecule has 2 heterocycles. The van der Waals surface area contributed by atoms with Crippen LogP contribution in [0, 0.1) is 5.92 Å². The molecule has 2 aromatic heterocycles. The van der Waals surface area contributed by atoms with Crippen LogP contribution in [0.4, 0.5) is 5.69 Å². The Morgan fingerprint density at radius 2 is 1.81 bits per heavy atom. The van der Waals surface area contributed by atoms with Gasteiger partial charge in [-0.25, -0.2) is 4.98 Å². The van der Waals surface area contributed by atoms with Crippen molar-refractivity contribution in [2.24, 2.45) is 5.92 Å². The average Bonchev–Trinajstić information content (AvgIpc) is 3.47. The Morgan fingerprint density at radius 1 is 1.03 bits per heavy atom. The standard InChI is InChI=1S/C24H24N4O3/c1-3-15(2)21(22-26-18-7-4-5-8-19(18)27-22)28-23(29)16-10-12-17(13-11-16)25-24(30)20-9-6-14-31-20/h4-15,21H,3H2,1-2H3,(H,25,30)(H,26,27)(H,28,29). The Labute approximate surface area is 179 Å². The number of imidazole rings is 1. The maximum absolute atomic E-state index is 12.9. The molecule has 0 saturated carbocycles. The minimum atomic E-state index is -0.344. The zero-order valence-corrected chi connectivity index (χ0v) is 17.4. The number of carbonyl (C=O) groups is 2. The highest BCUT2D eigenvalue weighted by Gasteiger charge is 2.24. The Hall–Kier alpha value is -3.87. The molecule has 2 amide bonds. The van der Waals surface area contributed by atoms with Crippen molar-refractivity contribution in [3.05, 3.63) is 84.1 Å². The molecule has 3 N–H and O–H groups in total. The lowest BCUT2D eigenvalue weighted by molar-refractivity contribution is 0.0920. The summed E-state index contributed by atoms with van der Waals surface area (Å²) in [4.78, 5) is 33.0. The summed E-state index contributed by atoms with van der Waals surface area (Å²) < 4.78 is 5.08.